The van der Waals surface area contributed by atoms with Gasteiger partial charge in [-0.2, -0.15) is 0 Å². The van der Waals surface area contributed by atoms with Gasteiger partial charge in [0.15, 0.2) is 0 Å². The lowest BCUT2D eigenvalue weighted by molar-refractivity contribution is -0.150. The van der Waals surface area contributed by atoms with Gasteiger partial charge in [-0.05, 0) is 44.5 Å². The quantitative estimate of drug-likeness (QED) is 0.795. The van der Waals surface area contributed by atoms with E-state index in [2.05, 4.69) is 5.32 Å². The van der Waals surface area contributed by atoms with Gasteiger partial charge >= 0.3 is 5.97 Å². The van der Waals surface area contributed by atoms with Crippen LogP contribution in [0, 0.1) is 5.92 Å². The molecular weight excluding hydrogens is 332 g/mol. The number of carbonyl (C=O) groups excluding carboxylic acids is 2. The Balaban J connectivity index is 1.92. The Morgan fingerprint density at radius 2 is 2.21 bits per heavy atom. The van der Waals surface area contributed by atoms with Crippen molar-refractivity contribution in [3.05, 3.63) is 23.2 Å². The number of nitrogens with zero attached hydrogens (tertiary/aromatic N) is 1. The van der Waals surface area contributed by atoms with Crippen LogP contribution in [-0.4, -0.2) is 50.1 Å². The van der Waals surface area contributed by atoms with Crippen LogP contribution in [0.2, 0.25) is 5.02 Å². The first-order valence-corrected chi connectivity index (χ1v) is 8.43. The van der Waals surface area contributed by atoms with E-state index >= 15 is 0 Å². The van der Waals surface area contributed by atoms with E-state index in [1.165, 1.54) is 7.11 Å². The van der Waals surface area contributed by atoms with Gasteiger partial charge in [0.25, 0.3) is 0 Å². The van der Waals surface area contributed by atoms with Crippen molar-refractivity contribution in [1.82, 2.24) is 4.90 Å². The second-order valence-electron chi connectivity index (χ2n) is 5.72. The minimum atomic E-state index is -0.181. The van der Waals surface area contributed by atoms with Crippen LogP contribution in [0.4, 0.5) is 5.69 Å². The highest BCUT2D eigenvalue weighted by Crippen LogP contribution is 2.27. The van der Waals surface area contributed by atoms with E-state index in [-0.39, 0.29) is 24.3 Å². The molecule has 1 aliphatic rings. The Labute approximate surface area is 147 Å². The Kier molecular flexibility index (Phi) is 6.87. The molecule has 0 aromatic heterocycles. The average molecular weight is 355 g/mol. The molecule has 1 aromatic carbocycles. The van der Waals surface area contributed by atoms with Crippen molar-refractivity contribution in [2.75, 3.05) is 38.7 Å². The number of hydrogen-bond acceptors (Lipinski definition) is 5. The zero-order valence-corrected chi connectivity index (χ0v) is 14.8. The topological polar surface area (TPSA) is 67.9 Å². The van der Waals surface area contributed by atoms with Gasteiger partial charge in [0.2, 0.25) is 5.91 Å². The zero-order valence-electron chi connectivity index (χ0n) is 14.0. The van der Waals surface area contributed by atoms with Gasteiger partial charge in [-0.3, -0.25) is 14.5 Å². The number of esters is 1. The predicted molar refractivity (Wildman–Crippen MR) is 92.4 cm³/mol. The molecule has 0 radical (unpaired) electrons. The molecular formula is C17H23ClN2O4. The Hall–Kier alpha value is -1.79. The third-order valence-electron chi connectivity index (χ3n) is 3.93. The van der Waals surface area contributed by atoms with Crippen LogP contribution in [0.5, 0.6) is 5.75 Å². The van der Waals surface area contributed by atoms with Crippen LogP contribution < -0.4 is 10.1 Å². The summed E-state index contributed by atoms with van der Waals surface area (Å²) in [4.78, 5) is 26.1. The molecule has 132 valence electrons. The molecule has 0 saturated carbocycles. The standard InChI is InChI=1S/C17H23ClN2O4/c1-3-24-17(22)12-5-4-8-20(10-12)11-16(21)19-14-9-13(18)6-7-15(14)23-2/h6-7,9,12H,3-5,8,10-11H2,1-2H3,(H,19,21). The van der Waals surface area contributed by atoms with Gasteiger partial charge in [-0.1, -0.05) is 11.6 Å². The third kappa shape index (κ3) is 5.11. The maximum absolute atomic E-state index is 12.3. The molecule has 1 aliphatic heterocycles. The highest BCUT2D eigenvalue weighted by atomic mass is 35.5. The number of anilines is 1. The van der Waals surface area contributed by atoms with E-state index in [0.29, 0.717) is 29.6 Å². The minimum absolute atomic E-state index is 0.160. The maximum Gasteiger partial charge on any atom is 0.310 e. The van der Waals surface area contributed by atoms with Gasteiger partial charge in [-0.25, -0.2) is 0 Å². The Morgan fingerprint density at radius 3 is 2.92 bits per heavy atom. The van der Waals surface area contributed by atoms with Crippen LogP contribution >= 0.6 is 11.6 Å². The van der Waals surface area contributed by atoms with Crippen LogP contribution in [0.25, 0.3) is 0 Å². The molecule has 7 heteroatoms. The number of halogens is 1. The number of rotatable bonds is 6. The normalized spacial score (nSPS) is 18.0. The first-order chi connectivity index (χ1) is 11.5. The number of likely N-dealkylation sites (tertiary alicyclic amines) is 1. The number of ether oxygens (including phenoxy) is 2. The lowest BCUT2D eigenvalue weighted by atomic mass is 9.98. The van der Waals surface area contributed by atoms with Gasteiger partial charge in [0, 0.05) is 11.6 Å². The molecule has 1 atom stereocenters. The average Bonchev–Trinajstić information content (AvgIpc) is 2.55. The van der Waals surface area contributed by atoms with Crippen molar-refractivity contribution in [2.24, 2.45) is 5.92 Å². The smallest absolute Gasteiger partial charge is 0.310 e. The number of piperidine rings is 1. The molecule has 24 heavy (non-hydrogen) atoms. The molecule has 1 amide bonds. The molecule has 0 aliphatic carbocycles. The molecule has 1 unspecified atom stereocenters. The summed E-state index contributed by atoms with van der Waals surface area (Å²) in [5.74, 6) is 0.0437. The molecule has 1 N–H and O–H groups in total. The van der Waals surface area contributed by atoms with Crippen LogP contribution in [0.3, 0.4) is 0 Å². The summed E-state index contributed by atoms with van der Waals surface area (Å²) >= 11 is 5.96. The first kappa shape index (κ1) is 18.5. The highest BCUT2D eigenvalue weighted by molar-refractivity contribution is 6.31. The van der Waals surface area contributed by atoms with E-state index in [0.717, 1.165) is 19.4 Å². The van der Waals surface area contributed by atoms with Crippen molar-refractivity contribution in [3.8, 4) is 5.75 Å². The maximum atomic E-state index is 12.3. The summed E-state index contributed by atoms with van der Waals surface area (Å²) in [7, 11) is 1.54. The van der Waals surface area contributed by atoms with Crippen molar-refractivity contribution in [3.63, 3.8) is 0 Å². The Bertz CT molecular complexity index is 594. The Morgan fingerprint density at radius 1 is 1.42 bits per heavy atom. The van der Waals surface area contributed by atoms with E-state index in [9.17, 15) is 9.59 Å². The van der Waals surface area contributed by atoms with Crippen molar-refractivity contribution in [2.45, 2.75) is 19.8 Å². The zero-order chi connectivity index (χ0) is 17.5. The predicted octanol–water partition coefficient (Wildman–Crippen LogP) is 2.56. The summed E-state index contributed by atoms with van der Waals surface area (Å²) in [6, 6.07) is 5.05. The number of methoxy groups -OCH3 is 1. The van der Waals surface area contributed by atoms with E-state index < -0.39 is 0 Å². The monoisotopic (exact) mass is 354 g/mol. The fourth-order valence-electron chi connectivity index (χ4n) is 2.82. The molecule has 1 aromatic rings. The second-order valence-corrected chi connectivity index (χ2v) is 6.16. The molecule has 0 spiro atoms. The van der Waals surface area contributed by atoms with E-state index in [4.69, 9.17) is 21.1 Å². The molecule has 1 heterocycles. The van der Waals surface area contributed by atoms with Crippen LogP contribution in [0.15, 0.2) is 18.2 Å². The van der Waals surface area contributed by atoms with E-state index in [1.807, 2.05) is 4.90 Å². The van der Waals surface area contributed by atoms with E-state index in [1.54, 1.807) is 25.1 Å². The van der Waals surface area contributed by atoms with Gasteiger partial charge < -0.3 is 14.8 Å². The fourth-order valence-corrected chi connectivity index (χ4v) is 2.99. The number of amides is 1. The summed E-state index contributed by atoms with van der Waals surface area (Å²) in [5, 5.41) is 3.33. The molecule has 1 saturated heterocycles. The SMILES string of the molecule is CCOC(=O)C1CCCN(CC(=O)Nc2cc(Cl)ccc2OC)C1. The van der Waals surface area contributed by atoms with Gasteiger partial charge in [-0.15, -0.1) is 0 Å². The largest absolute Gasteiger partial charge is 0.495 e. The highest BCUT2D eigenvalue weighted by Gasteiger charge is 2.27. The first-order valence-electron chi connectivity index (χ1n) is 8.05. The minimum Gasteiger partial charge on any atom is -0.495 e. The summed E-state index contributed by atoms with van der Waals surface area (Å²) in [5.41, 5.74) is 0.536. The van der Waals surface area contributed by atoms with Crippen LogP contribution in [0.1, 0.15) is 19.8 Å². The number of benzene rings is 1. The van der Waals surface area contributed by atoms with Crippen LogP contribution in [-0.2, 0) is 14.3 Å². The van der Waals surface area contributed by atoms with Gasteiger partial charge in [0.05, 0.1) is 31.9 Å². The van der Waals surface area contributed by atoms with Crippen molar-refractivity contribution >= 4 is 29.2 Å². The van der Waals surface area contributed by atoms with Crippen molar-refractivity contribution in [1.29, 1.82) is 0 Å². The summed E-state index contributed by atoms with van der Waals surface area (Å²) < 4.78 is 10.3. The molecule has 1 fully saturated rings. The fraction of sp³-hybridized carbons (Fsp3) is 0.529. The lowest BCUT2D eigenvalue weighted by Crippen LogP contribution is -2.43. The summed E-state index contributed by atoms with van der Waals surface area (Å²) in [6.45, 7) is 3.72. The number of nitrogens with one attached hydrogen (secondary N) is 1. The second kappa shape index (κ2) is 8.89. The lowest BCUT2D eigenvalue weighted by Gasteiger charge is -2.30. The third-order valence-corrected chi connectivity index (χ3v) is 4.16. The molecule has 0 bridgehead atoms. The summed E-state index contributed by atoms with van der Waals surface area (Å²) in [6.07, 6.45) is 1.68. The molecule has 6 nitrogen and oxygen atoms in total. The van der Waals surface area contributed by atoms with Crippen molar-refractivity contribution < 1.29 is 19.1 Å². The number of carbonyl (C=O) groups is 2. The molecule has 2 rings (SSSR count). The number of hydrogen-bond donors (Lipinski definition) is 1. The van der Waals surface area contributed by atoms with Gasteiger partial charge in [0.1, 0.15) is 5.75 Å².